The maximum atomic E-state index is 14.6. The van der Waals surface area contributed by atoms with Gasteiger partial charge in [-0.2, -0.15) is 0 Å². The fourth-order valence-corrected chi connectivity index (χ4v) is 5.54. The van der Waals surface area contributed by atoms with Gasteiger partial charge in [0, 0.05) is 0 Å². The molecule has 0 aromatic heterocycles. The van der Waals surface area contributed by atoms with E-state index < -0.39 is 14.1 Å². The van der Waals surface area contributed by atoms with Crippen molar-refractivity contribution in [1.29, 1.82) is 0 Å². The zero-order valence-electron chi connectivity index (χ0n) is 11.1. The van der Waals surface area contributed by atoms with Crippen molar-refractivity contribution in [3.63, 3.8) is 0 Å². The summed E-state index contributed by atoms with van der Waals surface area (Å²) in [6, 6.07) is 18.5. The van der Waals surface area contributed by atoms with Gasteiger partial charge in [0.2, 0.25) is 0 Å². The Labute approximate surface area is 114 Å². The summed E-state index contributed by atoms with van der Waals surface area (Å²) in [5, 5.41) is 1.48. The molecule has 1 unspecified atom stereocenters. The highest BCUT2D eigenvalue weighted by molar-refractivity contribution is 6.97. The third-order valence-corrected chi connectivity index (χ3v) is 7.05. The predicted molar refractivity (Wildman–Crippen MR) is 79.9 cm³/mol. The van der Waals surface area contributed by atoms with E-state index in [-0.39, 0.29) is 0 Å². The van der Waals surface area contributed by atoms with Gasteiger partial charge in [-0.05, 0) is 16.8 Å². The van der Waals surface area contributed by atoms with Crippen LogP contribution in [0.1, 0.15) is 19.8 Å². The van der Waals surface area contributed by atoms with Crippen LogP contribution in [0.3, 0.4) is 0 Å². The van der Waals surface area contributed by atoms with E-state index in [0.717, 1.165) is 16.8 Å². The molecule has 0 aliphatic carbocycles. The van der Waals surface area contributed by atoms with E-state index in [2.05, 4.69) is 0 Å². The number of alkyl halides is 1. The van der Waals surface area contributed by atoms with Gasteiger partial charge in [-0.25, -0.2) is 4.39 Å². The molecule has 1 atom stereocenters. The topological polar surface area (TPSA) is 20.2 Å². The Morgan fingerprint density at radius 1 is 0.947 bits per heavy atom. The first-order chi connectivity index (χ1) is 9.19. The minimum absolute atomic E-state index is 0.395. The molecule has 1 nitrogen and oxygen atoms in total. The summed E-state index contributed by atoms with van der Waals surface area (Å²) in [7, 11) is -3.29. The molecule has 1 N–H and O–H groups in total. The van der Waals surface area contributed by atoms with Crippen LogP contribution in [0, 0.1) is 0 Å². The Balaban J connectivity index is 2.51. The van der Waals surface area contributed by atoms with Crippen LogP contribution in [0.2, 0.25) is 0 Å². The van der Waals surface area contributed by atoms with Crippen LogP contribution in [0.25, 0.3) is 0 Å². The highest BCUT2D eigenvalue weighted by Crippen LogP contribution is 2.15. The molecule has 0 spiro atoms. The standard InChI is InChI=1S/C16H19FOSi/c1-2-9-16(17)19(18,14-10-5-3-6-11-14)15-12-7-4-8-13-15/h3-8,10-13,16,18H,2,9H2,1H3. The van der Waals surface area contributed by atoms with Crippen LogP contribution in [0.4, 0.5) is 4.39 Å². The van der Waals surface area contributed by atoms with Crippen LogP contribution in [0.15, 0.2) is 60.7 Å². The first-order valence-electron chi connectivity index (χ1n) is 6.67. The molecule has 0 amide bonds. The van der Waals surface area contributed by atoms with Crippen LogP contribution in [0.5, 0.6) is 0 Å². The summed E-state index contributed by atoms with van der Waals surface area (Å²) < 4.78 is 14.6. The third-order valence-electron chi connectivity index (χ3n) is 3.42. The Kier molecular flexibility index (Phi) is 4.50. The normalized spacial score (nSPS) is 13.2. The summed E-state index contributed by atoms with van der Waals surface area (Å²) in [5.41, 5.74) is 0. The van der Waals surface area contributed by atoms with E-state index in [0.29, 0.717) is 6.42 Å². The molecule has 100 valence electrons. The smallest absolute Gasteiger partial charge is 0.287 e. The molecule has 0 saturated carbocycles. The van der Waals surface area contributed by atoms with Crippen molar-refractivity contribution in [2.45, 2.75) is 25.6 Å². The highest BCUT2D eigenvalue weighted by atomic mass is 28.4. The molecule has 2 aromatic rings. The summed E-state index contributed by atoms with van der Waals surface area (Å²) in [6.07, 6.45) is 1.13. The number of benzene rings is 2. The largest absolute Gasteiger partial charge is 0.422 e. The third kappa shape index (κ3) is 2.77. The lowest BCUT2D eigenvalue weighted by molar-refractivity contribution is 0.362. The average molecular weight is 274 g/mol. The molecular formula is C16H19FOSi. The lowest BCUT2D eigenvalue weighted by atomic mass is 10.3. The van der Waals surface area contributed by atoms with E-state index in [4.69, 9.17) is 0 Å². The Hall–Kier alpha value is -1.45. The Morgan fingerprint density at radius 2 is 1.37 bits per heavy atom. The van der Waals surface area contributed by atoms with Crippen LogP contribution < -0.4 is 10.4 Å². The molecule has 0 aliphatic heterocycles. The van der Waals surface area contributed by atoms with Crippen molar-refractivity contribution in [3.05, 3.63) is 60.7 Å². The van der Waals surface area contributed by atoms with Crippen molar-refractivity contribution < 1.29 is 9.19 Å². The number of hydrogen-bond donors (Lipinski definition) is 1. The van der Waals surface area contributed by atoms with E-state index in [1.807, 2.05) is 67.6 Å². The van der Waals surface area contributed by atoms with Gasteiger partial charge in [0.25, 0.3) is 8.32 Å². The van der Waals surface area contributed by atoms with Gasteiger partial charge in [-0.3, -0.25) is 0 Å². The van der Waals surface area contributed by atoms with Crippen LogP contribution in [-0.4, -0.2) is 18.9 Å². The van der Waals surface area contributed by atoms with Crippen LogP contribution >= 0.6 is 0 Å². The second-order valence-corrected chi connectivity index (χ2v) is 8.07. The van der Waals surface area contributed by atoms with Crippen LogP contribution in [-0.2, 0) is 0 Å². The number of halogens is 1. The Bertz CT molecular complexity index is 461. The fourth-order valence-electron chi connectivity index (χ4n) is 2.38. The van der Waals surface area contributed by atoms with Crippen molar-refractivity contribution in [1.82, 2.24) is 0 Å². The predicted octanol–water partition coefficient (Wildman–Crippen LogP) is 2.42. The van der Waals surface area contributed by atoms with Gasteiger partial charge < -0.3 is 4.80 Å². The molecule has 0 heterocycles. The van der Waals surface area contributed by atoms with E-state index in [1.54, 1.807) is 0 Å². The van der Waals surface area contributed by atoms with Crippen molar-refractivity contribution >= 4 is 18.7 Å². The van der Waals surface area contributed by atoms with E-state index in [1.165, 1.54) is 0 Å². The summed E-state index contributed by atoms with van der Waals surface area (Å²) in [4.78, 5) is 11.1. The molecular weight excluding hydrogens is 255 g/mol. The quantitative estimate of drug-likeness (QED) is 0.830. The van der Waals surface area contributed by atoms with E-state index >= 15 is 0 Å². The van der Waals surface area contributed by atoms with Gasteiger partial charge in [-0.15, -0.1) is 0 Å². The molecule has 2 aromatic carbocycles. The zero-order valence-corrected chi connectivity index (χ0v) is 12.1. The lowest BCUT2D eigenvalue weighted by Crippen LogP contribution is -2.65. The minimum Gasteiger partial charge on any atom is -0.422 e. The second kappa shape index (κ2) is 6.13. The molecule has 19 heavy (non-hydrogen) atoms. The minimum atomic E-state index is -3.29. The monoisotopic (exact) mass is 274 g/mol. The molecule has 0 aliphatic rings. The molecule has 0 radical (unpaired) electrons. The summed E-state index contributed by atoms with van der Waals surface area (Å²) >= 11 is 0. The van der Waals surface area contributed by atoms with Crippen molar-refractivity contribution in [2.24, 2.45) is 0 Å². The van der Waals surface area contributed by atoms with Gasteiger partial charge in [-0.1, -0.05) is 74.0 Å². The number of hydrogen-bond acceptors (Lipinski definition) is 1. The average Bonchev–Trinajstić information content (AvgIpc) is 2.48. The molecule has 2 rings (SSSR count). The molecule has 0 saturated heterocycles. The first-order valence-corrected chi connectivity index (χ1v) is 8.69. The van der Waals surface area contributed by atoms with Gasteiger partial charge in [0.1, 0.15) is 5.79 Å². The van der Waals surface area contributed by atoms with Crippen molar-refractivity contribution in [2.75, 3.05) is 0 Å². The lowest BCUT2D eigenvalue weighted by Gasteiger charge is -2.29. The SMILES string of the molecule is CCCC(F)[Si](O)(c1ccccc1)c1ccccc1. The molecule has 0 bridgehead atoms. The molecule has 3 heteroatoms. The number of rotatable bonds is 5. The zero-order chi connectivity index (χ0) is 13.7. The fraction of sp³-hybridized carbons (Fsp3) is 0.250. The maximum absolute atomic E-state index is 14.6. The highest BCUT2D eigenvalue weighted by Gasteiger charge is 2.44. The van der Waals surface area contributed by atoms with E-state index in [9.17, 15) is 9.19 Å². The first kappa shape index (κ1) is 14.0. The second-order valence-electron chi connectivity index (χ2n) is 4.75. The maximum Gasteiger partial charge on any atom is 0.287 e. The Morgan fingerprint density at radius 3 is 1.74 bits per heavy atom. The summed E-state index contributed by atoms with van der Waals surface area (Å²) in [6.45, 7) is 1.94. The molecule has 0 fully saturated rings. The van der Waals surface area contributed by atoms with Gasteiger partial charge in [0.15, 0.2) is 0 Å². The van der Waals surface area contributed by atoms with Gasteiger partial charge >= 0.3 is 0 Å². The summed E-state index contributed by atoms with van der Waals surface area (Å²) in [5.74, 6) is -1.18. The van der Waals surface area contributed by atoms with Gasteiger partial charge in [0.05, 0.1) is 0 Å². The van der Waals surface area contributed by atoms with Crippen molar-refractivity contribution in [3.8, 4) is 0 Å².